The van der Waals surface area contributed by atoms with Crippen LogP contribution in [-0.4, -0.2) is 59.8 Å². The number of ether oxygens (including phenoxy) is 2. The van der Waals surface area contributed by atoms with Crippen LogP contribution in [0.4, 0.5) is 4.79 Å². The van der Waals surface area contributed by atoms with Crippen LogP contribution in [0.2, 0.25) is 0 Å². The number of carbonyl (C=O) groups is 3. The molecule has 1 saturated heterocycles. The van der Waals surface area contributed by atoms with Gasteiger partial charge in [-0.25, -0.2) is 4.79 Å². The molecule has 1 aromatic carbocycles. The first kappa shape index (κ1) is 23.7. The van der Waals surface area contributed by atoms with Crippen LogP contribution in [0.15, 0.2) is 30.3 Å². The van der Waals surface area contributed by atoms with Crippen LogP contribution in [0, 0.1) is 5.92 Å². The number of hydrogen-bond acceptors (Lipinski definition) is 6. The predicted molar refractivity (Wildman–Crippen MR) is 111 cm³/mol. The van der Waals surface area contributed by atoms with Crippen molar-refractivity contribution >= 4 is 18.0 Å². The van der Waals surface area contributed by atoms with E-state index >= 15 is 0 Å². The molecule has 2 N–H and O–H groups in total. The van der Waals surface area contributed by atoms with Gasteiger partial charge in [0.25, 0.3) is 0 Å². The van der Waals surface area contributed by atoms with E-state index in [0.29, 0.717) is 25.4 Å². The molecule has 166 valence electrons. The van der Waals surface area contributed by atoms with Crippen molar-refractivity contribution in [2.75, 3.05) is 19.7 Å². The summed E-state index contributed by atoms with van der Waals surface area (Å²) in [6, 6.07) is 8.08. The molecule has 1 heterocycles. The molecule has 0 bridgehead atoms. The van der Waals surface area contributed by atoms with Gasteiger partial charge in [0.1, 0.15) is 18.7 Å². The number of rotatable bonds is 10. The topological polar surface area (TPSA) is 105 Å². The monoisotopic (exact) mass is 420 g/mol. The fourth-order valence-electron chi connectivity index (χ4n) is 3.50. The Morgan fingerprint density at radius 2 is 1.83 bits per heavy atom. The number of carboxylic acid groups (broad SMARTS) is 1. The Labute approximate surface area is 177 Å². The minimum atomic E-state index is -1.01. The van der Waals surface area contributed by atoms with Crippen molar-refractivity contribution in [2.24, 2.45) is 5.92 Å². The maximum Gasteiger partial charge on any atom is 0.410 e. The van der Waals surface area contributed by atoms with Gasteiger partial charge >= 0.3 is 18.0 Å². The molecule has 2 atom stereocenters. The molecule has 1 aromatic rings. The molecule has 30 heavy (non-hydrogen) atoms. The highest BCUT2D eigenvalue weighted by molar-refractivity contribution is 5.78. The van der Waals surface area contributed by atoms with Crippen molar-refractivity contribution in [1.29, 1.82) is 0 Å². The van der Waals surface area contributed by atoms with Crippen molar-refractivity contribution in [3.05, 3.63) is 35.9 Å². The molecule has 1 amide bonds. The molecule has 1 aliphatic heterocycles. The summed E-state index contributed by atoms with van der Waals surface area (Å²) >= 11 is 0. The maximum atomic E-state index is 12.3. The summed E-state index contributed by atoms with van der Waals surface area (Å²) in [5.41, 5.74) is 0.953. The minimum absolute atomic E-state index is 0.252. The molecule has 0 unspecified atom stereocenters. The second-order valence-corrected chi connectivity index (χ2v) is 7.58. The Bertz CT molecular complexity index is 688. The highest BCUT2D eigenvalue weighted by Crippen LogP contribution is 2.23. The van der Waals surface area contributed by atoms with Crippen molar-refractivity contribution in [3.63, 3.8) is 0 Å². The second kappa shape index (κ2) is 12.2. The van der Waals surface area contributed by atoms with Gasteiger partial charge in [0.2, 0.25) is 0 Å². The number of nitrogens with one attached hydrogen (secondary N) is 1. The van der Waals surface area contributed by atoms with Crippen LogP contribution >= 0.6 is 0 Å². The lowest BCUT2D eigenvalue weighted by Crippen LogP contribution is -2.46. The molecule has 0 aromatic heterocycles. The second-order valence-electron chi connectivity index (χ2n) is 7.58. The van der Waals surface area contributed by atoms with Crippen LogP contribution in [-0.2, 0) is 25.7 Å². The fourth-order valence-corrected chi connectivity index (χ4v) is 3.50. The number of carbonyl (C=O) groups excluding carboxylic acids is 2. The number of nitrogens with zero attached hydrogens (tertiary/aromatic N) is 1. The molecule has 1 aliphatic rings. The Kier molecular flexibility index (Phi) is 9.60. The van der Waals surface area contributed by atoms with E-state index in [0.717, 1.165) is 24.8 Å². The fraction of sp³-hybridized carbons (Fsp3) is 0.591. The molecule has 0 saturated carbocycles. The van der Waals surface area contributed by atoms with Crippen molar-refractivity contribution < 1.29 is 29.0 Å². The quantitative estimate of drug-likeness (QED) is 0.561. The van der Waals surface area contributed by atoms with E-state index in [1.165, 1.54) is 6.92 Å². The number of amides is 1. The number of esters is 1. The molecule has 8 nitrogen and oxygen atoms in total. The first-order valence-corrected chi connectivity index (χ1v) is 10.5. The lowest BCUT2D eigenvalue weighted by molar-refractivity contribution is -0.147. The maximum absolute atomic E-state index is 12.3. The van der Waals surface area contributed by atoms with Crippen LogP contribution in [0.1, 0.15) is 45.1 Å². The Balaban J connectivity index is 1.75. The standard InChI is InChI=1S/C22H32N2O6/c1-3-29-21(27)19(23-16(2)20(25)26)10-9-17-11-13-24(14-12-17)22(28)30-15-18-7-5-4-6-8-18/h4-8,16-17,19,23H,3,9-15H2,1-2H3,(H,25,26)/t16-,19+/m0/s1. The van der Waals surface area contributed by atoms with Crippen molar-refractivity contribution in [2.45, 2.75) is 58.2 Å². The normalized spacial score (nSPS) is 16.5. The third kappa shape index (κ3) is 7.67. The van der Waals surface area contributed by atoms with Crippen LogP contribution < -0.4 is 5.32 Å². The van der Waals surface area contributed by atoms with E-state index in [-0.39, 0.29) is 19.3 Å². The van der Waals surface area contributed by atoms with Crippen LogP contribution in [0.25, 0.3) is 0 Å². The predicted octanol–water partition coefficient (Wildman–Crippen LogP) is 2.81. The summed E-state index contributed by atoms with van der Waals surface area (Å²) in [7, 11) is 0. The zero-order valence-corrected chi connectivity index (χ0v) is 17.7. The van der Waals surface area contributed by atoms with E-state index in [1.807, 2.05) is 30.3 Å². The van der Waals surface area contributed by atoms with E-state index < -0.39 is 24.0 Å². The zero-order valence-electron chi connectivity index (χ0n) is 17.7. The highest BCUT2D eigenvalue weighted by Gasteiger charge is 2.28. The number of hydrogen-bond donors (Lipinski definition) is 2. The van der Waals surface area contributed by atoms with Gasteiger partial charge in [-0.3, -0.25) is 14.9 Å². The van der Waals surface area contributed by atoms with E-state index in [4.69, 9.17) is 14.6 Å². The van der Waals surface area contributed by atoms with Crippen LogP contribution in [0.5, 0.6) is 0 Å². The average molecular weight is 421 g/mol. The summed E-state index contributed by atoms with van der Waals surface area (Å²) in [5, 5.41) is 11.9. The number of carboxylic acids is 1. The van der Waals surface area contributed by atoms with E-state index in [1.54, 1.807) is 11.8 Å². The van der Waals surface area contributed by atoms with Gasteiger partial charge in [-0.05, 0) is 51.0 Å². The summed E-state index contributed by atoms with van der Waals surface area (Å²) in [5.74, 6) is -1.07. The molecular formula is C22H32N2O6. The molecule has 8 heteroatoms. The summed E-state index contributed by atoms with van der Waals surface area (Å²) < 4.78 is 10.5. The number of likely N-dealkylation sites (tertiary alicyclic amines) is 1. The summed E-state index contributed by atoms with van der Waals surface area (Å²) in [4.78, 5) is 37.2. The summed E-state index contributed by atoms with van der Waals surface area (Å²) in [6.45, 7) is 4.97. The number of benzene rings is 1. The number of aliphatic carboxylic acids is 1. The molecular weight excluding hydrogens is 388 g/mol. The van der Waals surface area contributed by atoms with Gasteiger partial charge in [-0.1, -0.05) is 30.3 Å². The molecule has 0 spiro atoms. The first-order chi connectivity index (χ1) is 14.4. The van der Waals surface area contributed by atoms with E-state index in [9.17, 15) is 14.4 Å². The Morgan fingerprint density at radius 1 is 1.17 bits per heavy atom. The van der Waals surface area contributed by atoms with Crippen molar-refractivity contribution in [3.8, 4) is 0 Å². The smallest absolute Gasteiger partial charge is 0.410 e. The molecule has 1 fully saturated rings. The minimum Gasteiger partial charge on any atom is -0.480 e. The molecule has 2 rings (SSSR count). The number of piperidine rings is 1. The van der Waals surface area contributed by atoms with Gasteiger partial charge in [0.05, 0.1) is 6.61 Å². The Hall–Kier alpha value is -2.61. The SMILES string of the molecule is CCOC(=O)[C@@H](CCC1CCN(C(=O)OCc2ccccc2)CC1)N[C@@H](C)C(=O)O. The molecule has 0 radical (unpaired) electrons. The lowest BCUT2D eigenvalue weighted by Gasteiger charge is -2.32. The summed E-state index contributed by atoms with van der Waals surface area (Å²) in [6.07, 6.45) is 2.60. The van der Waals surface area contributed by atoms with Gasteiger partial charge < -0.3 is 19.5 Å². The van der Waals surface area contributed by atoms with Crippen molar-refractivity contribution in [1.82, 2.24) is 10.2 Å². The van der Waals surface area contributed by atoms with Gasteiger partial charge in [0, 0.05) is 13.1 Å². The first-order valence-electron chi connectivity index (χ1n) is 10.5. The third-order valence-corrected chi connectivity index (χ3v) is 5.33. The Morgan fingerprint density at radius 3 is 2.43 bits per heavy atom. The molecule has 0 aliphatic carbocycles. The third-order valence-electron chi connectivity index (χ3n) is 5.33. The van der Waals surface area contributed by atoms with Gasteiger partial charge in [0.15, 0.2) is 0 Å². The van der Waals surface area contributed by atoms with Gasteiger partial charge in [-0.15, -0.1) is 0 Å². The van der Waals surface area contributed by atoms with E-state index in [2.05, 4.69) is 5.32 Å². The highest BCUT2D eigenvalue weighted by atomic mass is 16.6. The largest absolute Gasteiger partial charge is 0.480 e. The lowest BCUT2D eigenvalue weighted by atomic mass is 9.90. The van der Waals surface area contributed by atoms with Crippen LogP contribution in [0.3, 0.4) is 0 Å². The zero-order chi connectivity index (χ0) is 21.9. The van der Waals surface area contributed by atoms with Gasteiger partial charge in [-0.2, -0.15) is 0 Å². The average Bonchev–Trinajstić information content (AvgIpc) is 2.75.